The Labute approximate surface area is 199 Å². The Morgan fingerprint density at radius 1 is 1.09 bits per heavy atom. The van der Waals surface area contributed by atoms with Crippen LogP contribution in [0.25, 0.3) is 5.69 Å². The van der Waals surface area contributed by atoms with E-state index in [-0.39, 0.29) is 17.2 Å². The SMILES string of the molecule is COc1ccccc1NC(=O)CSc1nc2c(c(=O)n1-c1ccc(OC)c(OC)c1)SCC2. The van der Waals surface area contributed by atoms with Gasteiger partial charge in [0.1, 0.15) is 5.75 Å². The Bertz CT molecular complexity index is 1250. The van der Waals surface area contributed by atoms with E-state index in [4.69, 9.17) is 19.2 Å². The molecule has 2 heterocycles. The van der Waals surface area contributed by atoms with Crippen molar-refractivity contribution in [1.29, 1.82) is 0 Å². The summed E-state index contributed by atoms with van der Waals surface area (Å²) in [7, 11) is 4.64. The number of methoxy groups -OCH3 is 3. The molecule has 0 fully saturated rings. The molecule has 0 bridgehead atoms. The lowest BCUT2D eigenvalue weighted by Gasteiger charge is -2.16. The summed E-state index contributed by atoms with van der Waals surface area (Å²) >= 11 is 2.71. The number of rotatable bonds is 8. The first-order chi connectivity index (χ1) is 16.0. The van der Waals surface area contributed by atoms with Crippen LogP contribution in [0, 0.1) is 0 Å². The van der Waals surface area contributed by atoms with E-state index in [1.807, 2.05) is 12.1 Å². The summed E-state index contributed by atoms with van der Waals surface area (Å²) in [4.78, 5) is 31.4. The molecule has 172 valence electrons. The molecule has 4 rings (SSSR count). The Hall–Kier alpha value is -3.11. The van der Waals surface area contributed by atoms with Crippen LogP contribution in [0.4, 0.5) is 5.69 Å². The number of carbonyl (C=O) groups excluding carboxylic acids is 1. The molecule has 1 N–H and O–H groups in total. The summed E-state index contributed by atoms with van der Waals surface area (Å²) in [6, 6.07) is 12.4. The predicted octanol–water partition coefficient (Wildman–Crippen LogP) is 3.64. The number of amides is 1. The minimum Gasteiger partial charge on any atom is -0.495 e. The van der Waals surface area contributed by atoms with Crippen molar-refractivity contribution >= 4 is 35.1 Å². The van der Waals surface area contributed by atoms with Crippen LogP contribution < -0.4 is 25.1 Å². The van der Waals surface area contributed by atoms with Gasteiger partial charge in [0.15, 0.2) is 16.7 Å². The standard InChI is InChI=1S/C23H23N3O5S2/c1-29-17-7-5-4-6-15(17)24-20(27)13-33-23-25-16-10-11-32-21(16)22(28)26(23)14-8-9-18(30-2)19(12-14)31-3/h4-9,12H,10-11,13H2,1-3H3,(H,24,27). The van der Waals surface area contributed by atoms with Crippen molar-refractivity contribution in [3.63, 3.8) is 0 Å². The largest absolute Gasteiger partial charge is 0.495 e. The average molecular weight is 486 g/mol. The molecular formula is C23H23N3O5S2. The zero-order chi connectivity index (χ0) is 23.4. The molecule has 1 amide bonds. The maximum Gasteiger partial charge on any atom is 0.272 e. The van der Waals surface area contributed by atoms with E-state index in [9.17, 15) is 9.59 Å². The van der Waals surface area contributed by atoms with Gasteiger partial charge in [-0.15, -0.1) is 11.8 Å². The normalized spacial score (nSPS) is 12.2. The third-order valence-corrected chi connectivity index (χ3v) is 7.05. The van der Waals surface area contributed by atoms with Crippen LogP contribution in [0.15, 0.2) is 57.3 Å². The van der Waals surface area contributed by atoms with Gasteiger partial charge >= 0.3 is 0 Å². The fourth-order valence-corrected chi connectivity index (χ4v) is 5.30. The number of anilines is 1. The van der Waals surface area contributed by atoms with Gasteiger partial charge in [-0.25, -0.2) is 4.98 Å². The number of nitrogens with zero attached hydrogens (tertiary/aromatic N) is 2. The third kappa shape index (κ3) is 4.81. The van der Waals surface area contributed by atoms with E-state index in [0.717, 1.165) is 17.9 Å². The highest BCUT2D eigenvalue weighted by Crippen LogP contribution is 2.33. The van der Waals surface area contributed by atoms with Gasteiger partial charge in [-0.2, -0.15) is 0 Å². The first kappa shape index (κ1) is 23.1. The first-order valence-corrected chi connectivity index (χ1v) is 12.1. The second-order valence-electron chi connectivity index (χ2n) is 6.99. The molecule has 0 unspecified atom stereocenters. The van der Waals surface area contributed by atoms with Crippen molar-refractivity contribution in [3.8, 4) is 22.9 Å². The zero-order valence-corrected chi connectivity index (χ0v) is 20.0. The van der Waals surface area contributed by atoms with E-state index in [0.29, 0.717) is 38.7 Å². The van der Waals surface area contributed by atoms with E-state index < -0.39 is 0 Å². The maximum absolute atomic E-state index is 13.4. The molecule has 0 aliphatic carbocycles. The van der Waals surface area contributed by atoms with Gasteiger partial charge < -0.3 is 19.5 Å². The number of para-hydroxylation sites is 2. The summed E-state index contributed by atoms with van der Waals surface area (Å²) < 4.78 is 17.5. The molecule has 3 aromatic rings. The number of aryl methyl sites for hydroxylation is 1. The molecule has 0 atom stereocenters. The number of benzene rings is 2. The Morgan fingerprint density at radius 3 is 2.61 bits per heavy atom. The third-order valence-electron chi connectivity index (χ3n) is 5.01. The van der Waals surface area contributed by atoms with Crippen molar-refractivity contribution < 1.29 is 19.0 Å². The van der Waals surface area contributed by atoms with E-state index in [2.05, 4.69) is 5.32 Å². The van der Waals surface area contributed by atoms with Crippen LogP contribution in [0.3, 0.4) is 0 Å². The number of hydrogen-bond acceptors (Lipinski definition) is 8. The summed E-state index contributed by atoms with van der Waals surface area (Å²) in [5, 5.41) is 3.30. The molecule has 1 aliphatic rings. The number of fused-ring (bicyclic) bond motifs is 1. The Balaban J connectivity index is 1.65. The van der Waals surface area contributed by atoms with Gasteiger partial charge in [0.2, 0.25) is 5.91 Å². The Kier molecular flexibility index (Phi) is 7.14. The van der Waals surface area contributed by atoms with Crippen LogP contribution >= 0.6 is 23.5 Å². The highest BCUT2D eigenvalue weighted by molar-refractivity contribution is 8.00. The van der Waals surface area contributed by atoms with Crippen LogP contribution in [-0.4, -0.2) is 48.3 Å². The first-order valence-electron chi connectivity index (χ1n) is 10.1. The van der Waals surface area contributed by atoms with Gasteiger partial charge in [0, 0.05) is 18.2 Å². The average Bonchev–Trinajstić information content (AvgIpc) is 3.32. The maximum atomic E-state index is 13.4. The Morgan fingerprint density at radius 2 is 1.85 bits per heavy atom. The molecule has 0 spiro atoms. The van der Waals surface area contributed by atoms with Crippen LogP contribution in [-0.2, 0) is 11.2 Å². The molecule has 0 saturated heterocycles. The van der Waals surface area contributed by atoms with Gasteiger partial charge in [-0.1, -0.05) is 23.9 Å². The molecular weight excluding hydrogens is 462 g/mol. The van der Waals surface area contributed by atoms with Crippen LogP contribution in [0.1, 0.15) is 5.69 Å². The topological polar surface area (TPSA) is 91.7 Å². The highest BCUT2D eigenvalue weighted by Gasteiger charge is 2.23. The zero-order valence-electron chi connectivity index (χ0n) is 18.4. The van der Waals surface area contributed by atoms with E-state index in [1.165, 1.54) is 28.1 Å². The molecule has 1 aliphatic heterocycles. The molecule has 2 aromatic carbocycles. The van der Waals surface area contributed by atoms with Crippen molar-refractivity contribution in [2.75, 3.05) is 38.2 Å². The fourth-order valence-electron chi connectivity index (χ4n) is 3.45. The van der Waals surface area contributed by atoms with Crippen molar-refractivity contribution in [2.45, 2.75) is 16.5 Å². The fraction of sp³-hybridized carbons (Fsp3) is 0.261. The molecule has 10 heteroatoms. The van der Waals surface area contributed by atoms with Crippen LogP contribution in [0.5, 0.6) is 17.2 Å². The van der Waals surface area contributed by atoms with E-state index in [1.54, 1.807) is 51.7 Å². The number of thioether (sulfide) groups is 2. The lowest BCUT2D eigenvalue weighted by Crippen LogP contribution is -2.24. The van der Waals surface area contributed by atoms with Crippen molar-refractivity contribution in [3.05, 3.63) is 58.5 Å². The molecule has 1 aromatic heterocycles. The lowest BCUT2D eigenvalue weighted by atomic mass is 10.2. The number of aromatic nitrogens is 2. The van der Waals surface area contributed by atoms with Gasteiger partial charge in [-0.05, 0) is 24.3 Å². The van der Waals surface area contributed by atoms with Crippen LogP contribution in [0.2, 0.25) is 0 Å². The second-order valence-corrected chi connectivity index (χ2v) is 9.03. The summed E-state index contributed by atoms with van der Waals surface area (Å²) in [5.41, 5.74) is 1.80. The minimum absolute atomic E-state index is 0.0731. The number of nitrogens with one attached hydrogen (secondary N) is 1. The number of ether oxygens (including phenoxy) is 3. The molecule has 0 radical (unpaired) electrons. The predicted molar refractivity (Wildman–Crippen MR) is 130 cm³/mol. The van der Waals surface area contributed by atoms with Crippen molar-refractivity contribution in [1.82, 2.24) is 9.55 Å². The summed E-state index contributed by atoms with van der Waals surface area (Å²) in [6.07, 6.45) is 0.725. The number of hydrogen-bond donors (Lipinski definition) is 1. The smallest absolute Gasteiger partial charge is 0.272 e. The second kappa shape index (κ2) is 10.2. The monoisotopic (exact) mass is 485 g/mol. The quantitative estimate of drug-likeness (QED) is 0.382. The van der Waals surface area contributed by atoms with Gasteiger partial charge in [0.05, 0.1) is 49.0 Å². The molecule has 33 heavy (non-hydrogen) atoms. The lowest BCUT2D eigenvalue weighted by molar-refractivity contribution is -0.113. The highest BCUT2D eigenvalue weighted by atomic mass is 32.2. The van der Waals surface area contributed by atoms with E-state index >= 15 is 0 Å². The van der Waals surface area contributed by atoms with Crippen molar-refractivity contribution in [2.24, 2.45) is 0 Å². The molecule has 0 saturated carbocycles. The molecule has 8 nitrogen and oxygen atoms in total. The summed E-state index contributed by atoms with van der Waals surface area (Å²) in [5.74, 6) is 2.29. The van der Waals surface area contributed by atoms with Gasteiger partial charge in [-0.3, -0.25) is 14.2 Å². The number of carbonyl (C=O) groups is 1. The minimum atomic E-state index is -0.229. The summed E-state index contributed by atoms with van der Waals surface area (Å²) in [6.45, 7) is 0. The van der Waals surface area contributed by atoms with Gasteiger partial charge in [0.25, 0.3) is 5.56 Å².